The summed E-state index contributed by atoms with van der Waals surface area (Å²) >= 11 is 0. The molecule has 1 aromatic carbocycles. The molecule has 9 nitrogen and oxygen atoms in total. The Balaban J connectivity index is 1.53. The number of aromatic nitrogens is 4. The zero-order chi connectivity index (χ0) is 20.5. The topological polar surface area (TPSA) is 125 Å². The first-order valence-corrected chi connectivity index (χ1v) is 9.28. The highest BCUT2D eigenvalue weighted by molar-refractivity contribution is 5.94. The third-order valence-corrected chi connectivity index (χ3v) is 5.32. The Morgan fingerprint density at radius 2 is 1.97 bits per heavy atom. The van der Waals surface area contributed by atoms with E-state index in [0.29, 0.717) is 29.8 Å². The number of hydrogen-bond acceptors (Lipinski definition) is 7. The fourth-order valence-electron chi connectivity index (χ4n) is 3.79. The summed E-state index contributed by atoms with van der Waals surface area (Å²) in [7, 11) is 1.73. The van der Waals surface area contributed by atoms with E-state index in [2.05, 4.69) is 25.6 Å². The lowest BCUT2D eigenvalue weighted by Crippen LogP contribution is -2.54. The summed E-state index contributed by atoms with van der Waals surface area (Å²) in [5, 5.41) is 26.9. The van der Waals surface area contributed by atoms with Gasteiger partial charge in [-0.1, -0.05) is 12.1 Å². The van der Waals surface area contributed by atoms with Crippen molar-refractivity contribution in [2.45, 2.75) is 37.1 Å². The maximum Gasteiger partial charge on any atom is 0.254 e. The molecule has 2 aromatic heterocycles. The van der Waals surface area contributed by atoms with Crippen LogP contribution in [-0.4, -0.2) is 60.9 Å². The molecular formula is C19H21FN6O3. The summed E-state index contributed by atoms with van der Waals surface area (Å²) < 4.78 is 15.5. The molecule has 0 unspecified atom stereocenters. The minimum absolute atomic E-state index is 0.104. The third-order valence-electron chi connectivity index (χ3n) is 5.32. The van der Waals surface area contributed by atoms with Crippen LogP contribution in [0.1, 0.15) is 29.2 Å². The fraction of sp³-hybridized carbons (Fsp3) is 0.368. The second-order valence-electron chi connectivity index (χ2n) is 6.98. The number of fused-ring (bicyclic) bond motifs is 1. The number of hydrogen-bond donors (Lipinski definition) is 4. The molecule has 0 saturated heterocycles. The van der Waals surface area contributed by atoms with E-state index in [1.807, 2.05) is 0 Å². The molecule has 4 rings (SSSR count). The van der Waals surface area contributed by atoms with Crippen LogP contribution in [0.25, 0.3) is 11.2 Å². The highest BCUT2D eigenvalue weighted by atomic mass is 19.1. The first-order chi connectivity index (χ1) is 14.0. The number of imidazole rings is 1. The molecule has 4 atom stereocenters. The minimum Gasteiger partial charge on any atom is -0.388 e. The van der Waals surface area contributed by atoms with Crippen molar-refractivity contribution in [2.75, 3.05) is 12.4 Å². The average Bonchev–Trinajstić information content (AvgIpc) is 3.16. The van der Waals surface area contributed by atoms with Crippen LogP contribution in [0, 0.1) is 5.82 Å². The average molecular weight is 400 g/mol. The van der Waals surface area contributed by atoms with E-state index in [1.165, 1.54) is 24.5 Å². The normalized spacial score (nSPS) is 24.4. The summed E-state index contributed by atoms with van der Waals surface area (Å²) in [5.74, 6) is -0.703. The second-order valence-corrected chi connectivity index (χ2v) is 6.98. The highest BCUT2D eigenvalue weighted by Gasteiger charge is 2.40. The van der Waals surface area contributed by atoms with E-state index in [1.54, 1.807) is 24.0 Å². The fourth-order valence-corrected chi connectivity index (χ4v) is 3.79. The minimum atomic E-state index is -1.23. The van der Waals surface area contributed by atoms with Crippen LogP contribution in [0.4, 0.5) is 10.2 Å². The number of nitrogens with one attached hydrogen (secondary N) is 2. The second kappa shape index (κ2) is 7.72. The van der Waals surface area contributed by atoms with Crippen LogP contribution >= 0.6 is 0 Å². The molecule has 0 spiro atoms. The van der Waals surface area contributed by atoms with Gasteiger partial charge in [-0.25, -0.2) is 19.3 Å². The van der Waals surface area contributed by atoms with E-state index in [-0.39, 0.29) is 5.56 Å². The van der Waals surface area contributed by atoms with Gasteiger partial charge in [-0.15, -0.1) is 0 Å². The predicted octanol–water partition coefficient (Wildman–Crippen LogP) is 0.862. The van der Waals surface area contributed by atoms with Crippen LogP contribution in [0.3, 0.4) is 0 Å². The summed E-state index contributed by atoms with van der Waals surface area (Å²) in [4.78, 5) is 25.0. The van der Waals surface area contributed by atoms with Crippen molar-refractivity contribution in [2.24, 2.45) is 0 Å². The van der Waals surface area contributed by atoms with Gasteiger partial charge in [0, 0.05) is 7.05 Å². The van der Waals surface area contributed by atoms with Gasteiger partial charge in [0.2, 0.25) is 0 Å². The quantitative estimate of drug-likeness (QED) is 0.512. The number of rotatable bonds is 4. The first kappa shape index (κ1) is 19.2. The maximum atomic E-state index is 13.8. The number of anilines is 1. The number of aliphatic hydroxyl groups excluding tert-OH is 2. The number of nitrogens with zero attached hydrogens (tertiary/aromatic N) is 4. The molecule has 0 aliphatic heterocycles. The summed E-state index contributed by atoms with van der Waals surface area (Å²) in [5.41, 5.74) is 0.995. The van der Waals surface area contributed by atoms with Gasteiger partial charge in [-0.05, 0) is 25.0 Å². The van der Waals surface area contributed by atoms with Crippen molar-refractivity contribution in [3.63, 3.8) is 0 Å². The molecule has 0 radical (unpaired) electrons. The number of halogens is 1. The maximum absolute atomic E-state index is 13.8. The third kappa shape index (κ3) is 3.40. The van der Waals surface area contributed by atoms with Crippen molar-refractivity contribution in [3.8, 4) is 0 Å². The molecule has 0 bridgehead atoms. The van der Waals surface area contributed by atoms with Gasteiger partial charge in [-0.3, -0.25) is 4.79 Å². The Kier molecular flexibility index (Phi) is 5.12. The van der Waals surface area contributed by atoms with Crippen LogP contribution in [0.15, 0.2) is 36.9 Å². The smallest absolute Gasteiger partial charge is 0.254 e. The Morgan fingerprint density at radius 3 is 2.72 bits per heavy atom. The molecular weight excluding hydrogens is 379 g/mol. The largest absolute Gasteiger partial charge is 0.388 e. The summed E-state index contributed by atoms with van der Waals surface area (Å²) in [6, 6.07) is 4.44. The monoisotopic (exact) mass is 400 g/mol. The Labute approximate surface area is 165 Å². The van der Waals surface area contributed by atoms with E-state index < -0.39 is 36.0 Å². The number of carbonyl (C=O) groups excluding carboxylic acids is 1. The molecule has 152 valence electrons. The molecule has 1 aliphatic carbocycles. The van der Waals surface area contributed by atoms with Crippen molar-refractivity contribution < 1.29 is 19.4 Å². The van der Waals surface area contributed by atoms with Crippen molar-refractivity contribution >= 4 is 22.9 Å². The lowest BCUT2D eigenvalue weighted by atomic mass is 9.85. The summed E-state index contributed by atoms with van der Waals surface area (Å²) in [6.45, 7) is 0. The van der Waals surface area contributed by atoms with Gasteiger partial charge in [0.05, 0.1) is 24.0 Å². The van der Waals surface area contributed by atoms with Crippen LogP contribution in [0.5, 0.6) is 0 Å². The van der Waals surface area contributed by atoms with Crippen molar-refractivity contribution in [1.29, 1.82) is 0 Å². The van der Waals surface area contributed by atoms with Gasteiger partial charge >= 0.3 is 0 Å². The Morgan fingerprint density at radius 1 is 1.17 bits per heavy atom. The molecule has 2 heterocycles. The molecule has 1 saturated carbocycles. The summed E-state index contributed by atoms with van der Waals surface area (Å²) in [6.07, 6.45) is 1.42. The Bertz CT molecular complexity index is 1040. The van der Waals surface area contributed by atoms with E-state index >= 15 is 0 Å². The SMILES string of the molecule is CNc1ncnc2c1ncn2[C@@H]1CC[C@@H](NC(=O)c2ccccc2F)[C@@H](O)[C@@H]1O. The molecule has 1 aliphatic rings. The van der Waals surface area contributed by atoms with Gasteiger partial charge < -0.3 is 25.4 Å². The number of benzene rings is 1. The lowest BCUT2D eigenvalue weighted by molar-refractivity contribution is -0.0552. The molecule has 29 heavy (non-hydrogen) atoms. The zero-order valence-electron chi connectivity index (χ0n) is 15.7. The Hall–Kier alpha value is -3.11. The predicted molar refractivity (Wildman–Crippen MR) is 103 cm³/mol. The van der Waals surface area contributed by atoms with Crippen molar-refractivity contribution in [3.05, 3.63) is 48.3 Å². The zero-order valence-corrected chi connectivity index (χ0v) is 15.7. The first-order valence-electron chi connectivity index (χ1n) is 9.28. The molecule has 1 fully saturated rings. The van der Waals surface area contributed by atoms with Gasteiger partial charge in [0.1, 0.15) is 29.9 Å². The number of aliphatic hydroxyl groups is 2. The molecule has 10 heteroatoms. The number of carbonyl (C=O) groups is 1. The molecule has 1 amide bonds. The van der Waals surface area contributed by atoms with Crippen LogP contribution in [0.2, 0.25) is 0 Å². The molecule has 3 aromatic rings. The standard InChI is InChI=1S/C19H21FN6O3/c1-21-17-14-18(23-8-22-17)26(9-24-14)13-7-6-12(15(27)16(13)28)25-19(29)10-4-2-3-5-11(10)20/h2-5,8-9,12-13,15-16,27-28H,6-7H2,1H3,(H,25,29)(H,21,22,23)/t12-,13-,15-,16-/m1/s1. The van der Waals surface area contributed by atoms with E-state index in [4.69, 9.17) is 0 Å². The highest BCUT2D eigenvalue weighted by Crippen LogP contribution is 2.32. The van der Waals surface area contributed by atoms with Crippen molar-refractivity contribution in [1.82, 2.24) is 24.8 Å². The van der Waals surface area contributed by atoms with Gasteiger partial charge in [-0.2, -0.15) is 0 Å². The van der Waals surface area contributed by atoms with Gasteiger partial charge in [0.15, 0.2) is 11.5 Å². The molecule has 4 N–H and O–H groups in total. The van der Waals surface area contributed by atoms with Crippen LogP contribution < -0.4 is 10.6 Å². The lowest BCUT2D eigenvalue weighted by Gasteiger charge is -2.38. The van der Waals surface area contributed by atoms with E-state index in [0.717, 1.165) is 0 Å². The van der Waals surface area contributed by atoms with E-state index in [9.17, 15) is 19.4 Å². The van der Waals surface area contributed by atoms with Gasteiger partial charge in [0.25, 0.3) is 5.91 Å². The number of amides is 1. The van der Waals surface area contributed by atoms with Crippen LogP contribution in [-0.2, 0) is 0 Å².